The number of amides is 1. The molecule has 1 N–H and O–H groups in total. The zero-order valence-electron chi connectivity index (χ0n) is 16.7. The zero-order valence-corrected chi connectivity index (χ0v) is 17.6. The van der Waals surface area contributed by atoms with Gasteiger partial charge in [0, 0.05) is 25.2 Å². The van der Waals surface area contributed by atoms with Gasteiger partial charge in [0.25, 0.3) is 0 Å². The third kappa shape index (κ3) is 4.25. The number of imidazole rings is 1. The molecule has 0 aliphatic carbocycles. The standard InChI is InChI=1S/C23H27N3OS/c1-4-5-15-21-22(19-13-9-10-14-20(19)24-17(2)27)25(3)23(28)26(21)16-18-11-7-6-8-12-18/h6-14H,4-5,15-16H2,1-3H3,(H,24,27). The van der Waals surface area contributed by atoms with Crippen molar-refractivity contribution in [2.45, 2.75) is 39.7 Å². The molecule has 0 radical (unpaired) electrons. The highest BCUT2D eigenvalue weighted by molar-refractivity contribution is 7.71. The molecule has 0 aliphatic rings. The Balaban J connectivity index is 2.18. The molecule has 3 rings (SSSR count). The summed E-state index contributed by atoms with van der Waals surface area (Å²) >= 11 is 5.82. The van der Waals surface area contributed by atoms with Gasteiger partial charge >= 0.3 is 0 Å². The van der Waals surface area contributed by atoms with Crippen molar-refractivity contribution in [2.75, 3.05) is 5.32 Å². The number of para-hydroxylation sites is 1. The average molecular weight is 394 g/mol. The number of nitrogens with zero attached hydrogens (tertiary/aromatic N) is 2. The summed E-state index contributed by atoms with van der Waals surface area (Å²) in [7, 11) is 2.01. The second-order valence-corrected chi connectivity index (χ2v) is 7.40. The van der Waals surface area contributed by atoms with Crippen LogP contribution in [-0.4, -0.2) is 15.0 Å². The van der Waals surface area contributed by atoms with Gasteiger partial charge in [-0.1, -0.05) is 61.9 Å². The second-order valence-electron chi connectivity index (χ2n) is 7.04. The summed E-state index contributed by atoms with van der Waals surface area (Å²) in [6.45, 7) is 4.48. The van der Waals surface area contributed by atoms with Crippen molar-refractivity contribution in [1.29, 1.82) is 0 Å². The third-order valence-electron chi connectivity index (χ3n) is 4.90. The lowest BCUT2D eigenvalue weighted by molar-refractivity contribution is -0.114. The Labute approximate surface area is 171 Å². The first kappa shape index (κ1) is 20.1. The first-order valence-electron chi connectivity index (χ1n) is 9.72. The molecule has 5 heteroatoms. The van der Waals surface area contributed by atoms with Crippen LogP contribution in [0.25, 0.3) is 11.3 Å². The molecule has 28 heavy (non-hydrogen) atoms. The topological polar surface area (TPSA) is 39.0 Å². The fourth-order valence-corrected chi connectivity index (χ4v) is 3.83. The third-order valence-corrected chi connectivity index (χ3v) is 5.39. The molecule has 1 aromatic heterocycles. The number of benzene rings is 2. The van der Waals surface area contributed by atoms with E-state index in [9.17, 15) is 4.79 Å². The smallest absolute Gasteiger partial charge is 0.221 e. The Bertz CT molecular complexity index is 1020. The molecular formula is C23H27N3OS. The van der Waals surface area contributed by atoms with Gasteiger partial charge in [-0.25, -0.2) is 0 Å². The van der Waals surface area contributed by atoms with Gasteiger partial charge < -0.3 is 14.5 Å². The Hall–Kier alpha value is -2.66. The Kier molecular flexibility index (Phi) is 6.47. The lowest BCUT2D eigenvalue weighted by atomic mass is 10.0. The maximum absolute atomic E-state index is 11.7. The fraction of sp³-hybridized carbons (Fsp3) is 0.304. The molecule has 146 valence electrons. The molecule has 4 nitrogen and oxygen atoms in total. The number of carbonyl (C=O) groups is 1. The monoisotopic (exact) mass is 393 g/mol. The zero-order chi connectivity index (χ0) is 20.1. The van der Waals surface area contributed by atoms with Crippen molar-refractivity contribution < 1.29 is 4.79 Å². The second kappa shape index (κ2) is 9.02. The van der Waals surface area contributed by atoms with Crippen molar-refractivity contribution in [3.8, 4) is 11.3 Å². The number of aromatic nitrogens is 2. The minimum absolute atomic E-state index is 0.0764. The summed E-state index contributed by atoms with van der Waals surface area (Å²) in [5.74, 6) is -0.0764. The summed E-state index contributed by atoms with van der Waals surface area (Å²) in [6, 6.07) is 18.3. The molecule has 0 aliphatic heterocycles. The molecule has 0 unspecified atom stereocenters. The molecular weight excluding hydrogens is 366 g/mol. The molecule has 0 atom stereocenters. The van der Waals surface area contributed by atoms with Crippen LogP contribution in [-0.2, 0) is 24.8 Å². The van der Waals surface area contributed by atoms with Crippen LogP contribution in [0.15, 0.2) is 54.6 Å². The summed E-state index contributed by atoms with van der Waals surface area (Å²) in [5, 5.41) is 2.97. The van der Waals surface area contributed by atoms with Crippen LogP contribution < -0.4 is 5.32 Å². The van der Waals surface area contributed by atoms with Gasteiger partial charge in [0.05, 0.1) is 17.9 Å². The van der Waals surface area contributed by atoms with Crippen molar-refractivity contribution >= 4 is 23.8 Å². The highest BCUT2D eigenvalue weighted by Gasteiger charge is 2.19. The van der Waals surface area contributed by atoms with E-state index < -0.39 is 0 Å². The number of unbranched alkanes of at least 4 members (excludes halogenated alkanes) is 1. The van der Waals surface area contributed by atoms with Crippen molar-refractivity contribution in [3.05, 3.63) is 70.6 Å². The van der Waals surface area contributed by atoms with Crippen LogP contribution in [0.1, 0.15) is 37.9 Å². The van der Waals surface area contributed by atoms with Crippen LogP contribution in [0.2, 0.25) is 0 Å². The van der Waals surface area contributed by atoms with Gasteiger partial charge in [0.15, 0.2) is 4.77 Å². The lowest BCUT2D eigenvalue weighted by Crippen LogP contribution is -2.08. The quantitative estimate of drug-likeness (QED) is 0.533. The Morgan fingerprint density at radius 2 is 1.75 bits per heavy atom. The van der Waals surface area contributed by atoms with Crippen LogP contribution in [0.3, 0.4) is 0 Å². The van der Waals surface area contributed by atoms with Crippen molar-refractivity contribution in [1.82, 2.24) is 9.13 Å². The van der Waals surface area contributed by atoms with Gasteiger partial charge in [-0.05, 0) is 36.7 Å². The van der Waals surface area contributed by atoms with E-state index in [2.05, 4.69) is 51.7 Å². The van der Waals surface area contributed by atoms with E-state index in [4.69, 9.17) is 12.2 Å². The van der Waals surface area contributed by atoms with Crippen LogP contribution in [0, 0.1) is 4.77 Å². The summed E-state index contributed by atoms with van der Waals surface area (Å²) in [5.41, 5.74) is 5.35. The molecule has 1 amide bonds. The molecule has 3 aromatic rings. The number of hydrogen-bond acceptors (Lipinski definition) is 2. The number of nitrogens with one attached hydrogen (secondary N) is 1. The molecule has 0 fully saturated rings. The van der Waals surface area contributed by atoms with E-state index in [1.54, 1.807) is 0 Å². The number of rotatable bonds is 7. The summed E-state index contributed by atoms with van der Waals surface area (Å²) in [6.07, 6.45) is 3.14. The molecule has 0 spiro atoms. The van der Waals surface area contributed by atoms with Gasteiger partial charge in [-0.3, -0.25) is 4.79 Å². The van der Waals surface area contributed by atoms with Gasteiger partial charge in [-0.15, -0.1) is 0 Å². The number of anilines is 1. The first-order valence-corrected chi connectivity index (χ1v) is 10.1. The van der Waals surface area contributed by atoms with Crippen molar-refractivity contribution in [2.24, 2.45) is 7.05 Å². The molecule has 0 saturated carbocycles. The van der Waals surface area contributed by atoms with Crippen molar-refractivity contribution in [3.63, 3.8) is 0 Å². The maximum atomic E-state index is 11.7. The summed E-state index contributed by atoms with van der Waals surface area (Å²) in [4.78, 5) is 11.7. The maximum Gasteiger partial charge on any atom is 0.221 e. The highest BCUT2D eigenvalue weighted by atomic mass is 32.1. The van der Waals surface area contributed by atoms with E-state index >= 15 is 0 Å². The van der Waals surface area contributed by atoms with E-state index in [1.807, 2.05) is 31.3 Å². The minimum atomic E-state index is -0.0764. The fourth-order valence-electron chi connectivity index (χ4n) is 3.56. The van der Waals surface area contributed by atoms with Crippen LogP contribution in [0.4, 0.5) is 5.69 Å². The lowest BCUT2D eigenvalue weighted by Gasteiger charge is -2.14. The van der Waals surface area contributed by atoms with Crippen LogP contribution >= 0.6 is 12.2 Å². The number of carbonyl (C=O) groups excluding carboxylic acids is 1. The first-order chi connectivity index (χ1) is 13.5. The molecule has 1 heterocycles. The largest absolute Gasteiger partial charge is 0.326 e. The van der Waals surface area contributed by atoms with E-state index in [-0.39, 0.29) is 5.91 Å². The Morgan fingerprint density at radius 3 is 2.43 bits per heavy atom. The van der Waals surface area contributed by atoms with Crippen LogP contribution in [0.5, 0.6) is 0 Å². The predicted octanol–water partition coefficient (Wildman–Crippen LogP) is 5.57. The van der Waals surface area contributed by atoms with E-state index in [1.165, 1.54) is 18.2 Å². The molecule has 2 aromatic carbocycles. The average Bonchev–Trinajstić information content (AvgIpc) is 2.91. The number of hydrogen-bond donors (Lipinski definition) is 1. The summed E-state index contributed by atoms with van der Waals surface area (Å²) < 4.78 is 5.10. The highest BCUT2D eigenvalue weighted by Crippen LogP contribution is 2.33. The van der Waals surface area contributed by atoms with E-state index in [0.29, 0.717) is 0 Å². The Morgan fingerprint density at radius 1 is 1.07 bits per heavy atom. The molecule has 0 bridgehead atoms. The van der Waals surface area contributed by atoms with Gasteiger partial charge in [0.1, 0.15) is 0 Å². The van der Waals surface area contributed by atoms with Gasteiger partial charge in [-0.2, -0.15) is 0 Å². The van der Waals surface area contributed by atoms with E-state index in [0.717, 1.165) is 47.5 Å². The van der Waals surface area contributed by atoms with Gasteiger partial charge in [0.2, 0.25) is 5.91 Å². The minimum Gasteiger partial charge on any atom is -0.326 e. The normalized spacial score (nSPS) is 10.8. The SMILES string of the molecule is CCCCc1c(-c2ccccc2NC(C)=O)n(C)c(=S)n1Cc1ccccc1. The molecule has 0 saturated heterocycles. The predicted molar refractivity (Wildman–Crippen MR) is 118 cm³/mol.